The number of hydrogen-bond acceptors (Lipinski definition) is 2. The lowest BCUT2D eigenvalue weighted by molar-refractivity contribution is 0.0247. The monoisotopic (exact) mass is 171 g/mol. The summed E-state index contributed by atoms with van der Waals surface area (Å²) in [7, 11) is 0. The first kappa shape index (κ1) is 10.0. The molecule has 2 nitrogen and oxygen atoms in total. The van der Waals surface area contributed by atoms with E-state index < -0.39 is 0 Å². The van der Waals surface area contributed by atoms with Crippen LogP contribution in [0.4, 0.5) is 0 Å². The minimum absolute atomic E-state index is 0.0345. The van der Waals surface area contributed by atoms with Crippen LogP contribution in [-0.2, 0) is 0 Å². The Morgan fingerprint density at radius 2 is 2.17 bits per heavy atom. The number of rotatable bonds is 3. The van der Waals surface area contributed by atoms with Gasteiger partial charge in [0, 0.05) is 13.1 Å². The van der Waals surface area contributed by atoms with Crippen molar-refractivity contribution >= 4 is 0 Å². The second kappa shape index (κ2) is 4.83. The van der Waals surface area contributed by atoms with Crippen LogP contribution in [0.25, 0.3) is 0 Å². The van der Waals surface area contributed by atoms with Crippen LogP contribution < -0.4 is 0 Å². The van der Waals surface area contributed by atoms with Gasteiger partial charge in [0.05, 0.1) is 6.10 Å². The van der Waals surface area contributed by atoms with E-state index in [0.717, 1.165) is 26.1 Å². The summed E-state index contributed by atoms with van der Waals surface area (Å²) in [5.74, 6) is 0.531. The van der Waals surface area contributed by atoms with Gasteiger partial charge in [-0.3, -0.25) is 0 Å². The maximum absolute atomic E-state index is 9.69. The van der Waals surface area contributed by atoms with E-state index in [0.29, 0.717) is 5.92 Å². The predicted molar refractivity (Wildman–Crippen MR) is 51.1 cm³/mol. The molecular formula is C10H21NO. The topological polar surface area (TPSA) is 23.5 Å². The van der Waals surface area contributed by atoms with Crippen molar-refractivity contribution in [2.45, 2.75) is 39.2 Å². The zero-order chi connectivity index (χ0) is 8.97. The molecule has 2 heteroatoms. The third-order valence-electron chi connectivity index (χ3n) is 2.88. The minimum atomic E-state index is -0.0345. The number of likely N-dealkylation sites (tertiary alicyclic amines) is 1. The lowest BCUT2D eigenvalue weighted by atomic mass is 9.91. The second-order valence-electron chi connectivity index (χ2n) is 3.80. The van der Waals surface area contributed by atoms with Crippen LogP contribution in [0, 0.1) is 5.92 Å². The molecule has 0 radical (unpaired) electrons. The average molecular weight is 171 g/mol. The molecule has 1 N–H and O–H groups in total. The Morgan fingerprint density at radius 1 is 1.42 bits per heavy atom. The van der Waals surface area contributed by atoms with Crippen LogP contribution in [0.3, 0.4) is 0 Å². The van der Waals surface area contributed by atoms with Crippen LogP contribution >= 0.6 is 0 Å². The smallest absolute Gasteiger partial charge is 0.0592 e. The molecule has 1 heterocycles. The van der Waals surface area contributed by atoms with Gasteiger partial charge in [0.15, 0.2) is 0 Å². The van der Waals surface area contributed by atoms with Crippen LogP contribution in [-0.4, -0.2) is 35.7 Å². The second-order valence-corrected chi connectivity index (χ2v) is 3.80. The van der Waals surface area contributed by atoms with Gasteiger partial charge in [-0.25, -0.2) is 0 Å². The summed E-state index contributed by atoms with van der Waals surface area (Å²) in [6.45, 7) is 7.70. The molecule has 0 saturated carbocycles. The zero-order valence-corrected chi connectivity index (χ0v) is 8.29. The summed E-state index contributed by atoms with van der Waals surface area (Å²) < 4.78 is 0. The molecule has 0 aliphatic carbocycles. The summed E-state index contributed by atoms with van der Waals surface area (Å²) >= 11 is 0. The Kier molecular flexibility index (Phi) is 4.02. The van der Waals surface area contributed by atoms with Gasteiger partial charge in [-0.05, 0) is 25.3 Å². The van der Waals surface area contributed by atoms with Crippen molar-refractivity contribution in [1.29, 1.82) is 0 Å². The Balaban J connectivity index is 2.36. The van der Waals surface area contributed by atoms with Crippen LogP contribution in [0.2, 0.25) is 0 Å². The molecule has 1 aliphatic heterocycles. The van der Waals surface area contributed by atoms with E-state index in [9.17, 15) is 5.11 Å². The molecule has 0 spiro atoms. The first-order valence-electron chi connectivity index (χ1n) is 5.18. The highest BCUT2D eigenvalue weighted by Gasteiger charge is 2.25. The van der Waals surface area contributed by atoms with Crippen molar-refractivity contribution in [1.82, 2.24) is 4.90 Å². The normalized spacial score (nSPS) is 32.2. The van der Waals surface area contributed by atoms with E-state index in [1.165, 1.54) is 12.8 Å². The van der Waals surface area contributed by atoms with E-state index in [4.69, 9.17) is 0 Å². The van der Waals surface area contributed by atoms with E-state index in [1.807, 2.05) is 0 Å². The predicted octanol–water partition coefficient (Wildman–Crippen LogP) is 1.49. The Bertz CT molecular complexity index is 127. The highest BCUT2D eigenvalue weighted by atomic mass is 16.3. The van der Waals surface area contributed by atoms with Crippen molar-refractivity contribution in [3.8, 4) is 0 Å². The summed E-state index contributed by atoms with van der Waals surface area (Å²) in [5.41, 5.74) is 0. The fourth-order valence-electron chi connectivity index (χ4n) is 2.04. The highest BCUT2D eigenvalue weighted by Crippen LogP contribution is 2.20. The van der Waals surface area contributed by atoms with Gasteiger partial charge in [-0.2, -0.15) is 0 Å². The van der Waals surface area contributed by atoms with Gasteiger partial charge in [0.2, 0.25) is 0 Å². The minimum Gasteiger partial charge on any atom is -0.393 e. The third kappa shape index (κ3) is 2.46. The molecule has 0 aromatic carbocycles. The molecule has 2 atom stereocenters. The number of aliphatic hydroxyl groups is 1. The van der Waals surface area contributed by atoms with Crippen molar-refractivity contribution in [2.75, 3.05) is 19.6 Å². The number of hydrogen-bond donors (Lipinski definition) is 1. The molecule has 12 heavy (non-hydrogen) atoms. The van der Waals surface area contributed by atoms with Crippen molar-refractivity contribution in [3.05, 3.63) is 0 Å². The molecule has 0 aromatic heterocycles. The van der Waals surface area contributed by atoms with Gasteiger partial charge in [0.1, 0.15) is 0 Å². The fraction of sp³-hybridized carbons (Fsp3) is 1.00. The number of nitrogens with zero attached hydrogens (tertiary/aromatic N) is 1. The van der Waals surface area contributed by atoms with Crippen molar-refractivity contribution in [2.24, 2.45) is 5.92 Å². The molecule has 0 unspecified atom stereocenters. The highest BCUT2D eigenvalue weighted by molar-refractivity contribution is 4.78. The first-order chi connectivity index (χ1) is 5.77. The average Bonchev–Trinajstić information content (AvgIpc) is 2.09. The molecule has 1 rings (SSSR count). The van der Waals surface area contributed by atoms with E-state index in [-0.39, 0.29) is 6.10 Å². The maximum atomic E-state index is 9.69. The maximum Gasteiger partial charge on any atom is 0.0592 e. The lowest BCUT2D eigenvalue weighted by Crippen LogP contribution is -2.42. The van der Waals surface area contributed by atoms with Crippen LogP contribution in [0.5, 0.6) is 0 Å². The molecule has 1 saturated heterocycles. The molecule has 1 aliphatic rings. The quantitative estimate of drug-likeness (QED) is 0.695. The molecule has 0 amide bonds. The molecule has 0 aromatic rings. The Morgan fingerprint density at radius 3 is 2.75 bits per heavy atom. The van der Waals surface area contributed by atoms with Gasteiger partial charge in [-0.1, -0.05) is 20.3 Å². The molecule has 72 valence electrons. The van der Waals surface area contributed by atoms with Crippen LogP contribution in [0.1, 0.15) is 33.1 Å². The standard InChI is InChI=1S/C10H21NO/c1-3-5-9-8-11(4-2)7-6-10(9)12/h9-10,12H,3-8H2,1-2H3/t9-,10+/m0/s1. The van der Waals surface area contributed by atoms with Crippen molar-refractivity contribution < 1.29 is 5.11 Å². The Hall–Kier alpha value is -0.0800. The summed E-state index contributed by atoms with van der Waals surface area (Å²) in [6, 6.07) is 0. The summed E-state index contributed by atoms with van der Waals surface area (Å²) in [4.78, 5) is 2.44. The van der Waals surface area contributed by atoms with Crippen LogP contribution in [0.15, 0.2) is 0 Å². The Labute approximate surface area is 75.6 Å². The summed E-state index contributed by atoms with van der Waals surface area (Å²) in [6.07, 6.45) is 3.31. The van der Waals surface area contributed by atoms with Gasteiger partial charge in [0.25, 0.3) is 0 Å². The molecule has 1 fully saturated rings. The number of piperidine rings is 1. The summed E-state index contributed by atoms with van der Waals surface area (Å²) in [5, 5.41) is 9.69. The SMILES string of the molecule is CCC[C@H]1CN(CC)CC[C@H]1O. The zero-order valence-electron chi connectivity index (χ0n) is 8.29. The molecular weight excluding hydrogens is 150 g/mol. The van der Waals surface area contributed by atoms with E-state index in [2.05, 4.69) is 18.7 Å². The lowest BCUT2D eigenvalue weighted by Gasteiger charge is -2.35. The van der Waals surface area contributed by atoms with Gasteiger partial charge >= 0.3 is 0 Å². The third-order valence-corrected chi connectivity index (χ3v) is 2.88. The van der Waals surface area contributed by atoms with Gasteiger partial charge in [-0.15, -0.1) is 0 Å². The fourth-order valence-corrected chi connectivity index (χ4v) is 2.04. The largest absolute Gasteiger partial charge is 0.393 e. The van der Waals surface area contributed by atoms with E-state index >= 15 is 0 Å². The van der Waals surface area contributed by atoms with Gasteiger partial charge < -0.3 is 10.0 Å². The van der Waals surface area contributed by atoms with E-state index in [1.54, 1.807) is 0 Å². The number of aliphatic hydroxyl groups excluding tert-OH is 1. The first-order valence-corrected chi connectivity index (χ1v) is 5.18. The van der Waals surface area contributed by atoms with Crippen molar-refractivity contribution in [3.63, 3.8) is 0 Å². The molecule has 0 bridgehead atoms.